The summed E-state index contributed by atoms with van der Waals surface area (Å²) in [4.78, 5) is 0. The van der Waals surface area contributed by atoms with Gasteiger partial charge in [0, 0.05) is 0 Å². The Morgan fingerprint density at radius 1 is 0.436 bits per heavy atom. The molecule has 0 aliphatic rings. The van der Waals surface area contributed by atoms with Crippen molar-refractivity contribution in [1.29, 1.82) is 0 Å². The number of para-hydroxylation sites is 1. The van der Waals surface area contributed by atoms with Gasteiger partial charge in [0.25, 0.3) is 0 Å². The normalized spacial score (nSPS) is 11.0. The van der Waals surface area contributed by atoms with E-state index in [4.69, 9.17) is 4.74 Å². The summed E-state index contributed by atoms with van der Waals surface area (Å²) in [6, 6.07) is 52.9. The molecule has 0 unspecified atom stereocenters. The monoisotopic (exact) mass is 594 g/mol. The first-order valence-electron chi connectivity index (χ1n) is 13.7. The highest BCUT2D eigenvalue weighted by Gasteiger charge is 2.45. The molecule has 0 fully saturated rings. The highest BCUT2D eigenvalue weighted by molar-refractivity contribution is 7.95. The summed E-state index contributed by atoms with van der Waals surface area (Å²) in [6.07, 6.45) is 5.58. The van der Waals surface area contributed by atoms with Crippen LogP contribution >= 0.6 is 7.26 Å². The van der Waals surface area contributed by atoms with Crippen LogP contribution in [0, 0.1) is 0 Å². The largest absolute Gasteiger partial charge is 1.00 e. The van der Waals surface area contributed by atoms with Gasteiger partial charge in [-0.05, 0) is 85.3 Å². The van der Waals surface area contributed by atoms with Crippen LogP contribution in [0.1, 0.15) is 30.4 Å². The maximum Gasteiger partial charge on any atom is 0.119 e. The topological polar surface area (TPSA) is 9.23 Å². The maximum atomic E-state index is 5.83. The summed E-state index contributed by atoms with van der Waals surface area (Å²) < 4.78 is 5.83. The van der Waals surface area contributed by atoms with Crippen molar-refractivity contribution in [3.05, 3.63) is 157 Å². The second-order valence-corrected chi connectivity index (χ2v) is 13.2. The molecule has 0 atom stereocenters. The fraction of sp³-hybridized carbons (Fsp3) is 0.167. The lowest BCUT2D eigenvalue weighted by Crippen LogP contribution is -3.00. The quantitative estimate of drug-likeness (QED) is 0.146. The van der Waals surface area contributed by atoms with E-state index in [-0.39, 0.29) is 17.0 Å². The van der Waals surface area contributed by atoms with Crippen LogP contribution in [0.15, 0.2) is 146 Å². The molecule has 39 heavy (non-hydrogen) atoms. The molecule has 198 valence electrons. The van der Waals surface area contributed by atoms with E-state index in [0.29, 0.717) is 0 Å². The van der Waals surface area contributed by atoms with Crippen molar-refractivity contribution in [3.63, 3.8) is 0 Å². The lowest BCUT2D eigenvalue weighted by atomic mass is 10.1. The summed E-state index contributed by atoms with van der Waals surface area (Å²) in [5.74, 6) is 0.962. The van der Waals surface area contributed by atoms with Crippen LogP contribution < -0.4 is 37.6 Å². The minimum atomic E-state index is -1.86. The second-order valence-electron chi connectivity index (χ2n) is 9.76. The molecular weight excluding hydrogens is 559 g/mol. The van der Waals surface area contributed by atoms with Gasteiger partial charge in [-0.15, -0.1) is 0 Å². The van der Waals surface area contributed by atoms with Crippen molar-refractivity contribution in [3.8, 4) is 5.75 Å². The molecule has 0 bridgehead atoms. The Hall–Kier alpha value is -3.19. The summed E-state index contributed by atoms with van der Waals surface area (Å²) in [5.41, 5.74) is 2.82. The minimum Gasteiger partial charge on any atom is -1.00 e. The van der Waals surface area contributed by atoms with Crippen molar-refractivity contribution in [2.45, 2.75) is 31.8 Å². The van der Waals surface area contributed by atoms with Crippen LogP contribution in [0.2, 0.25) is 0 Å². The average molecular weight is 596 g/mol. The summed E-state index contributed by atoms with van der Waals surface area (Å²) >= 11 is 0. The molecule has 5 aromatic carbocycles. The van der Waals surface area contributed by atoms with Crippen molar-refractivity contribution < 1.29 is 21.7 Å². The van der Waals surface area contributed by atoms with E-state index in [1.807, 2.05) is 30.3 Å². The van der Waals surface area contributed by atoms with E-state index < -0.39 is 7.26 Å². The van der Waals surface area contributed by atoms with Crippen LogP contribution in [0.3, 0.4) is 0 Å². The number of aryl methyl sites for hydroxylation is 1. The molecule has 0 spiro atoms. The molecule has 0 saturated heterocycles. The number of hydrogen-bond donors (Lipinski definition) is 0. The van der Waals surface area contributed by atoms with Crippen molar-refractivity contribution >= 4 is 23.2 Å². The predicted molar refractivity (Wildman–Crippen MR) is 165 cm³/mol. The third-order valence-corrected chi connectivity index (χ3v) is 11.5. The Balaban J connectivity index is 0.00000353. The Morgan fingerprint density at radius 3 is 1.36 bits per heavy atom. The van der Waals surface area contributed by atoms with Gasteiger partial charge in [0.15, 0.2) is 0 Å². The van der Waals surface area contributed by atoms with E-state index in [9.17, 15) is 0 Å². The third-order valence-electron chi connectivity index (χ3n) is 7.16. The van der Waals surface area contributed by atoms with Crippen LogP contribution in [0.5, 0.6) is 5.75 Å². The SMILES string of the molecule is [Br-].c1ccc(OCCCCCc2ccc(C[P+](c3ccccc3)(c3ccccc3)c3ccccc3)cc2)cc1. The zero-order valence-corrected chi connectivity index (χ0v) is 24.8. The molecule has 0 amide bonds. The Kier molecular flexibility index (Phi) is 11.0. The third kappa shape index (κ3) is 7.47. The fourth-order valence-electron chi connectivity index (χ4n) is 5.17. The predicted octanol–water partition coefficient (Wildman–Crippen LogP) is 4.98. The van der Waals surface area contributed by atoms with E-state index in [0.717, 1.165) is 31.4 Å². The van der Waals surface area contributed by atoms with Crippen LogP contribution in [-0.4, -0.2) is 6.61 Å². The molecule has 0 aliphatic carbocycles. The molecule has 0 aromatic heterocycles. The maximum absolute atomic E-state index is 5.83. The van der Waals surface area contributed by atoms with E-state index >= 15 is 0 Å². The lowest BCUT2D eigenvalue weighted by molar-refractivity contribution is -0.00000795. The zero-order chi connectivity index (χ0) is 25.9. The fourth-order valence-corrected chi connectivity index (χ4v) is 9.41. The number of unbranched alkanes of at least 4 members (excludes halogenated alkanes) is 2. The van der Waals surface area contributed by atoms with Crippen molar-refractivity contribution in [2.24, 2.45) is 0 Å². The van der Waals surface area contributed by atoms with Crippen molar-refractivity contribution in [2.75, 3.05) is 6.61 Å². The number of hydrogen-bond acceptors (Lipinski definition) is 1. The van der Waals surface area contributed by atoms with E-state index in [1.54, 1.807) is 0 Å². The van der Waals surface area contributed by atoms with Crippen molar-refractivity contribution in [1.82, 2.24) is 0 Å². The van der Waals surface area contributed by atoms with Gasteiger partial charge in [0.2, 0.25) is 0 Å². The molecule has 0 saturated carbocycles. The first-order valence-corrected chi connectivity index (χ1v) is 15.6. The highest BCUT2D eigenvalue weighted by atomic mass is 79.9. The Bertz CT molecular complexity index is 1260. The molecule has 0 aliphatic heterocycles. The molecule has 5 rings (SSSR count). The second kappa shape index (κ2) is 14.8. The lowest BCUT2D eigenvalue weighted by Gasteiger charge is -2.28. The molecule has 5 aromatic rings. The van der Waals surface area contributed by atoms with Gasteiger partial charge in [-0.2, -0.15) is 0 Å². The highest BCUT2D eigenvalue weighted by Crippen LogP contribution is 2.58. The minimum absolute atomic E-state index is 0. The van der Waals surface area contributed by atoms with Gasteiger partial charge in [0.1, 0.15) is 28.9 Å². The first kappa shape index (κ1) is 28.8. The van der Waals surface area contributed by atoms with Gasteiger partial charge in [-0.3, -0.25) is 0 Å². The van der Waals surface area contributed by atoms with Gasteiger partial charge in [0.05, 0.1) is 12.8 Å². The molecule has 0 N–H and O–H groups in total. The summed E-state index contributed by atoms with van der Waals surface area (Å²) in [5, 5.41) is 4.29. The van der Waals surface area contributed by atoms with E-state index in [2.05, 4.69) is 115 Å². The van der Waals surface area contributed by atoms with Gasteiger partial charge in [-0.25, -0.2) is 0 Å². The number of benzene rings is 5. The molecular formula is C36H36BrOP. The smallest absolute Gasteiger partial charge is 0.119 e. The summed E-state index contributed by atoms with van der Waals surface area (Å²) in [6.45, 7) is 0.785. The van der Waals surface area contributed by atoms with Crippen LogP contribution in [-0.2, 0) is 12.6 Å². The van der Waals surface area contributed by atoms with Gasteiger partial charge >= 0.3 is 0 Å². The number of halogens is 1. The van der Waals surface area contributed by atoms with Gasteiger partial charge < -0.3 is 21.7 Å². The average Bonchev–Trinajstić information content (AvgIpc) is 3.00. The van der Waals surface area contributed by atoms with Gasteiger partial charge in [-0.1, -0.05) is 97.1 Å². The molecule has 0 radical (unpaired) electrons. The number of rotatable bonds is 12. The standard InChI is InChI=1S/C36H36OP.BrH/c1-7-17-33(18-8-1)37-29-15-5-6-16-31-25-27-32(28-26-31)30-38(34-19-9-2-10-20-34,35-21-11-3-12-22-35)36-23-13-4-14-24-36;/h1-4,7-14,17-28H,5-6,15-16,29-30H2;1H/q+1;/p-1. The number of ether oxygens (including phenoxy) is 1. The molecule has 3 heteroatoms. The Labute approximate surface area is 245 Å². The molecule has 1 nitrogen and oxygen atoms in total. The van der Waals surface area contributed by atoms with Crippen LogP contribution in [0.4, 0.5) is 0 Å². The van der Waals surface area contributed by atoms with E-state index in [1.165, 1.54) is 39.9 Å². The van der Waals surface area contributed by atoms with Crippen LogP contribution in [0.25, 0.3) is 0 Å². The zero-order valence-electron chi connectivity index (χ0n) is 22.3. The molecule has 0 heterocycles. The summed E-state index contributed by atoms with van der Waals surface area (Å²) in [7, 11) is -1.86. The first-order chi connectivity index (χ1) is 18.8. The Morgan fingerprint density at radius 2 is 0.872 bits per heavy atom.